The molecule has 0 spiro atoms. The topological polar surface area (TPSA) is 29.5 Å². The van der Waals surface area contributed by atoms with Gasteiger partial charge in [-0.2, -0.15) is 0 Å². The predicted octanol–water partition coefficient (Wildman–Crippen LogP) is 5.00. The van der Waals surface area contributed by atoms with Crippen LogP contribution in [-0.4, -0.2) is 26.6 Å². The van der Waals surface area contributed by atoms with Gasteiger partial charge in [-0.3, -0.25) is 0 Å². The molecule has 0 heterocycles. The first-order valence-corrected chi connectivity index (χ1v) is 13.1. The zero-order valence-corrected chi connectivity index (χ0v) is 19.6. The van der Waals surface area contributed by atoms with E-state index < -0.39 is 8.32 Å². The van der Waals surface area contributed by atoms with Crippen LogP contribution < -0.4 is 10.4 Å². The fourth-order valence-corrected chi connectivity index (χ4v) is 9.42. The molecular weight excluding hydrogens is 372 g/mol. The third kappa shape index (κ3) is 5.20. The van der Waals surface area contributed by atoms with Crippen molar-refractivity contribution in [3.8, 4) is 0 Å². The molecule has 0 radical (unpaired) electrons. The highest BCUT2D eigenvalue weighted by Gasteiger charge is 2.50. The minimum Gasteiger partial charge on any atom is -0.407 e. The lowest BCUT2D eigenvalue weighted by Gasteiger charge is -2.43. The molecule has 1 fully saturated rings. The van der Waals surface area contributed by atoms with E-state index in [0.29, 0.717) is 18.4 Å². The fraction of sp³-hybridized carbons (Fsp3) is 0.538. The maximum absolute atomic E-state index is 9.24. The molecule has 3 rings (SSSR count). The highest BCUT2D eigenvalue weighted by molar-refractivity contribution is 6.99. The number of benzene rings is 2. The van der Waals surface area contributed by atoms with Crippen molar-refractivity contribution in [2.75, 3.05) is 13.2 Å². The third-order valence-corrected chi connectivity index (χ3v) is 11.6. The van der Waals surface area contributed by atoms with Gasteiger partial charge in [0.2, 0.25) is 0 Å². The summed E-state index contributed by atoms with van der Waals surface area (Å²) in [5.74, 6) is 1.89. The number of aliphatic hydroxyl groups is 1. The first kappa shape index (κ1) is 22.3. The minimum atomic E-state index is -2.41. The summed E-state index contributed by atoms with van der Waals surface area (Å²) in [7, 11) is -2.41. The van der Waals surface area contributed by atoms with Crippen molar-refractivity contribution in [2.24, 2.45) is 17.8 Å². The molecule has 1 saturated carbocycles. The Morgan fingerprint density at radius 3 is 1.97 bits per heavy atom. The van der Waals surface area contributed by atoms with Crippen LogP contribution in [0.5, 0.6) is 0 Å². The summed E-state index contributed by atoms with van der Waals surface area (Å²) in [6.07, 6.45) is 4.93. The summed E-state index contributed by atoms with van der Waals surface area (Å²) in [6, 6.07) is 21.8. The van der Waals surface area contributed by atoms with E-state index in [1.807, 2.05) is 0 Å². The highest BCUT2D eigenvalue weighted by Crippen LogP contribution is 2.42. The largest absolute Gasteiger partial charge is 0.407 e. The quantitative estimate of drug-likeness (QED) is 0.559. The molecule has 1 N–H and O–H groups in total. The van der Waals surface area contributed by atoms with Gasteiger partial charge in [-0.25, -0.2) is 0 Å². The average molecular weight is 411 g/mol. The summed E-state index contributed by atoms with van der Waals surface area (Å²) < 4.78 is 7.04. The van der Waals surface area contributed by atoms with E-state index in [1.54, 1.807) is 0 Å². The number of rotatable bonds is 10. The molecule has 0 aromatic heterocycles. The molecular formula is C26H38O2Si. The Kier molecular flexibility index (Phi) is 7.36. The van der Waals surface area contributed by atoms with Crippen LogP contribution in [0.25, 0.3) is 0 Å². The molecule has 2 nitrogen and oxygen atoms in total. The molecule has 158 valence electrons. The van der Waals surface area contributed by atoms with Gasteiger partial charge in [0, 0.05) is 13.2 Å². The summed E-state index contributed by atoms with van der Waals surface area (Å²) in [6.45, 7) is 10.5. The number of aliphatic hydroxyl groups excluding tert-OH is 1. The Morgan fingerprint density at radius 1 is 0.966 bits per heavy atom. The molecule has 0 amide bonds. The minimum absolute atomic E-state index is 0.0395. The van der Waals surface area contributed by atoms with E-state index >= 15 is 0 Å². The Hall–Kier alpha value is -1.42. The Bertz CT molecular complexity index is 699. The average Bonchev–Trinajstić information content (AvgIpc) is 3.47. The van der Waals surface area contributed by atoms with Crippen molar-refractivity contribution in [2.45, 2.75) is 58.4 Å². The van der Waals surface area contributed by atoms with Gasteiger partial charge in [0.1, 0.15) is 0 Å². The summed E-state index contributed by atoms with van der Waals surface area (Å²) in [4.78, 5) is 0. The molecule has 29 heavy (non-hydrogen) atoms. The van der Waals surface area contributed by atoms with Crippen molar-refractivity contribution in [1.29, 1.82) is 0 Å². The summed E-state index contributed by atoms with van der Waals surface area (Å²) in [5.41, 5.74) is 0. The van der Waals surface area contributed by atoms with Crippen LogP contribution in [-0.2, 0) is 4.43 Å². The maximum Gasteiger partial charge on any atom is 0.261 e. The SMILES string of the molecule is C[C@@H](CCC[C@@H]1C[C@H]1CO)CO[Si](c1ccccc1)(c1ccccc1)C(C)(C)C. The lowest BCUT2D eigenvalue weighted by atomic mass is 10.0. The van der Waals surface area contributed by atoms with Gasteiger partial charge >= 0.3 is 0 Å². The number of hydrogen-bond donors (Lipinski definition) is 1. The first-order chi connectivity index (χ1) is 13.9. The Morgan fingerprint density at radius 2 is 1.52 bits per heavy atom. The number of hydrogen-bond acceptors (Lipinski definition) is 2. The maximum atomic E-state index is 9.24. The van der Waals surface area contributed by atoms with Gasteiger partial charge in [0.25, 0.3) is 8.32 Å². The molecule has 0 bridgehead atoms. The molecule has 2 aromatic rings. The van der Waals surface area contributed by atoms with Crippen LogP contribution >= 0.6 is 0 Å². The lowest BCUT2D eigenvalue weighted by Crippen LogP contribution is -2.66. The van der Waals surface area contributed by atoms with E-state index in [2.05, 4.69) is 88.4 Å². The van der Waals surface area contributed by atoms with Gasteiger partial charge in [0.15, 0.2) is 0 Å². The molecule has 3 atom stereocenters. The predicted molar refractivity (Wildman–Crippen MR) is 125 cm³/mol. The smallest absolute Gasteiger partial charge is 0.261 e. The molecule has 3 heteroatoms. The highest BCUT2D eigenvalue weighted by atomic mass is 28.4. The van der Waals surface area contributed by atoms with E-state index in [0.717, 1.165) is 12.5 Å². The van der Waals surface area contributed by atoms with Crippen molar-refractivity contribution in [3.63, 3.8) is 0 Å². The zero-order chi connectivity index (χ0) is 20.9. The summed E-state index contributed by atoms with van der Waals surface area (Å²) in [5, 5.41) is 12.0. The molecule has 1 aliphatic rings. The van der Waals surface area contributed by atoms with Crippen LogP contribution in [0.3, 0.4) is 0 Å². The lowest BCUT2D eigenvalue weighted by molar-refractivity contribution is 0.233. The van der Waals surface area contributed by atoms with Crippen molar-refractivity contribution >= 4 is 18.7 Å². The second-order valence-electron chi connectivity index (χ2n) is 9.95. The van der Waals surface area contributed by atoms with Crippen LogP contribution in [0.2, 0.25) is 5.04 Å². The molecule has 2 aromatic carbocycles. The molecule has 0 unspecified atom stereocenters. The van der Waals surface area contributed by atoms with Crippen LogP contribution in [0.15, 0.2) is 60.7 Å². The second-order valence-corrected chi connectivity index (χ2v) is 14.3. The standard InChI is InChI=1S/C26H38O2Si/c1-21(12-11-13-22-18-23(22)19-27)20-28-29(26(2,3)4,24-14-7-5-8-15-24)25-16-9-6-10-17-25/h5-10,14-17,21-23,27H,11-13,18-20H2,1-4H3/t21-,22+,23-/m0/s1. The first-order valence-electron chi connectivity index (χ1n) is 11.2. The van der Waals surface area contributed by atoms with Gasteiger partial charge in [-0.05, 0) is 46.0 Å². The molecule has 0 aliphatic heterocycles. The van der Waals surface area contributed by atoms with Crippen molar-refractivity contribution < 1.29 is 9.53 Å². The van der Waals surface area contributed by atoms with Gasteiger partial charge < -0.3 is 9.53 Å². The van der Waals surface area contributed by atoms with Crippen LogP contribution in [0, 0.1) is 17.8 Å². The van der Waals surface area contributed by atoms with Crippen LogP contribution in [0.1, 0.15) is 53.4 Å². The fourth-order valence-electron chi connectivity index (χ4n) is 4.73. The van der Waals surface area contributed by atoms with Crippen molar-refractivity contribution in [1.82, 2.24) is 0 Å². The van der Waals surface area contributed by atoms with Gasteiger partial charge in [-0.15, -0.1) is 0 Å². The Labute approximate surface area is 178 Å². The molecule has 1 aliphatic carbocycles. The van der Waals surface area contributed by atoms with E-state index in [-0.39, 0.29) is 5.04 Å². The summed E-state index contributed by atoms with van der Waals surface area (Å²) >= 11 is 0. The van der Waals surface area contributed by atoms with Crippen LogP contribution in [0.4, 0.5) is 0 Å². The normalized spacial score (nSPS) is 20.4. The Balaban J connectivity index is 1.75. The van der Waals surface area contributed by atoms with Gasteiger partial charge in [0.05, 0.1) is 0 Å². The third-order valence-electron chi connectivity index (χ3n) is 6.58. The molecule has 0 saturated heterocycles. The monoisotopic (exact) mass is 410 g/mol. The van der Waals surface area contributed by atoms with Crippen molar-refractivity contribution in [3.05, 3.63) is 60.7 Å². The van der Waals surface area contributed by atoms with E-state index in [1.165, 1.54) is 36.1 Å². The second kappa shape index (κ2) is 9.59. The van der Waals surface area contributed by atoms with E-state index in [9.17, 15) is 5.11 Å². The zero-order valence-electron chi connectivity index (χ0n) is 18.6. The van der Waals surface area contributed by atoms with Gasteiger partial charge in [-0.1, -0.05) is 101 Å². The van der Waals surface area contributed by atoms with E-state index in [4.69, 9.17) is 4.43 Å².